The van der Waals surface area contributed by atoms with E-state index in [1.54, 1.807) is 0 Å². The van der Waals surface area contributed by atoms with Gasteiger partial charge in [0.15, 0.2) is 0 Å². The second-order valence-electron chi connectivity index (χ2n) is 5.91. The molecule has 1 heterocycles. The predicted molar refractivity (Wildman–Crippen MR) is 99.6 cm³/mol. The highest BCUT2D eigenvalue weighted by molar-refractivity contribution is 6.09. The van der Waals surface area contributed by atoms with E-state index in [0.29, 0.717) is 19.3 Å². The molecule has 0 fully saturated rings. The highest BCUT2D eigenvalue weighted by Crippen LogP contribution is 2.36. The molecule has 1 spiro atoms. The lowest BCUT2D eigenvalue weighted by Gasteiger charge is -2.14. The number of terminal acetylenes is 1. The molecule has 1 amide bonds. The van der Waals surface area contributed by atoms with Gasteiger partial charge in [0, 0.05) is 24.9 Å². The number of benzene rings is 1. The Kier molecular flexibility index (Phi) is 5.59. The molecule has 4 heteroatoms. The van der Waals surface area contributed by atoms with Gasteiger partial charge in [-0.3, -0.25) is 9.79 Å². The van der Waals surface area contributed by atoms with Crippen LogP contribution in [0.5, 0.6) is 0 Å². The van der Waals surface area contributed by atoms with Crippen molar-refractivity contribution < 1.29 is 4.79 Å². The maximum Gasteiger partial charge on any atom is 0.253 e. The van der Waals surface area contributed by atoms with Crippen molar-refractivity contribution in [2.45, 2.75) is 38.1 Å². The molecule has 0 aromatic heterocycles. The number of nitrogens with two attached hydrogens (primary N) is 1. The summed E-state index contributed by atoms with van der Waals surface area (Å²) < 4.78 is 0. The van der Waals surface area contributed by atoms with Crippen LogP contribution in [0.15, 0.2) is 47.5 Å². The summed E-state index contributed by atoms with van der Waals surface area (Å²) >= 11 is 0. The van der Waals surface area contributed by atoms with Crippen molar-refractivity contribution in [3.8, 4) is 12.8 Å². The Morgan fingerprint density at radius 1 is 1.25 bits per heavy atom. The average molecular weight is 321 g/mol. The summed E-state index contributed by atoms with van der Waals surface area (Å²) in [6.45, 7) is 2.00. The normalized spacial score (nSPS) is 21.6. The summed E-state index contributed by atoms with van der Waals surface area (Å²) in [6, 6.07) is 5.86. The fraction of sp³-hybridized carbons (Fsp3) is 0.300. The minimum absolute atomic E-state index is 0.0131. The number of amides is 1. The number of anilines is 1. The van der Waals surface area contributed by atoms with Gasteiger partial charge in [0.2, 0.25) is 0 Å². The van der Waals surface area contributed by atoms with Crippen LogP contribution < -0.4 is 11.1 Å². The molecular formula is C20H23N3O. The lowest BCUT2D eigenvalue weighted by molar-refractivity contribution is -0.123. The number of nitrogens with one attached hydrogen (secondary N) is 1. The third-order valence-electron chi connectivity index (χ3n) is 4.21. The first kappa shape index (κ1) is 17.6. The summed E-state index contributed by atoms with van der Waals surface area (Å²) in [6.07, 6.45) is 19.1. The van der Waals surface area contributed by atoms with Crippen molar-refractivity contribution in [2.75, 3.05) is 5.73 Å². The molecule has 0 saturated carbocycles. The van der Waals surface area contributed by atoms with Crippen LogP contribution in [0, 0.1) is 12.8 Å². The summed E-state index contributed by atoms with van der Waals surface area (Å²) in [7, 11) is 0. The highest BCUT2D eigenvalue weighted by Gasteiger charge is 2.47. The van der Waals surface area contributed by atoms with Gasteiger partial charge in [-0.15, -0.1) is 12.8 Å². The van der Waals surface area contributed by atoms with Crippen LogP contribution in [0.2, 0.25) is 0 Å². The first-order chi connectivity index (χ1) is 11.6. The zero-order valence-electron chi connectivity index (χ0n) is 14.0. The molecule has 0 saturated heterocycles. The van der Waals surface area contributed by atoms with E-state index in [1.807, 2.05) is 31.2 Å². The van der Waals surface area contributed by atoms with E-state index in [4.69, 9.17) is 10.7 Å². The molecular weight excluding hydrogens is 298 g/mol. The monoisotopic (exact) mass is 321 g/mol. The molecule has 1 unspecified atom stereocenters. The number of allylic oxidation sites excluding steroid dienone is 3. The first-order valence-electron chi connectivity index (χ1n) is 8.00. The van der Waals surface area contributed by atoms with Crippen molar-refractivity contribution in [1.82, 2.24) is 5.32 Å². The first-order valence-corrected chi connectivity index (χ1v) is 8.00. The van der Waals surface area contributed by atoms with Crippen molar-refractivity contribution in [3.05, 3.63) is 53.6 Å². The minimum atomic E-state index is -0.650. The lowest BCUT2D eigenvalue weighted by Crippen LogP contribution is -2.40. The summed E-state index contributed by atoms with van der Waals surface area (Å²) in [5.41, 5.74) is 8.25. The largest absolute Gasteiger partial charge is 0.399 e. The van der Waals surface area contributed by atoms with E-state index in [9.17, 15) is 4.79 Å². The zero-order valence-corrected chi connectivity index (χ0v) is 14.0. The van der Waals surface area contributed by atoms with Gasteiger partial charge in [-0.25, -0.2) is 0 Å². The highest BCUT2D eigenvalue weighted by atomic mass is 16.2. The number of nitrogen functional groups attached to an aromatic ring is 1. The van der Waals surface area contributed by atoms with Crippen molar-refractivity contribution in [1.29, 1.82) is 0 Å². The van der Waals surface area contributed by atoms with Crippen LogP contribution in [0.4, 0.5) is 5.69 Å². The maximum atomic E-state index is 12.4. The smallest absolute Gasteiger partial charge is 0.253 e. The predicted octanol–water partition coefficient (Wildman–Crippen LogP) is 2.80. The molecule has 1 atom stereocenters. The third kappa shape index (κ3) is 3.57. The van der Waals surface area contributed by atoms with Gasteiger partial charge in [0.25, 0.3) is 5.91 Å². The zero-order chi connectivity index (χ0) is 17.6. The molecule has 124 valence electrons. The number of hydrogen-bond acceptors (Lipinski definition) is 3. The number of carbonyl (C=O) groups is 1. The van der Waals surface area contributed by atoms with Gasteiger partial charge in [-0.05, 0) is 36.6 Å². The van der Waals surface area contributed by atoms with Crippen LogP contribution in [-0.2, 0) is 17.6 Å². The van der Waals surface area contributed by atoms with E-state index >= 15 is 0 Å². The summed E-state index contributed by atoms with van der Waals surface area (Å²) in [5, 5.41) is 2.94. The number of aliphatic imine (C=N–C) groups is 1. The molecule has 1 aliphatic carbocycles. The molecule has 1 aromatic carbocycles. The van der Waals surface area contributed by atoms with E-state index in [1.165, 1.54) is 5.56 Å². The fourth-order valence-corrected chi connectivity index (χ4v) is 3.10. The van der Waals surface area contributed by atoms with Gasteiger partial charge in [-0.2, -0.15) is 0 Å². The third-order valence-corrected chi connectivity index (χ3v) is 4.21. The molecule has 3 rings (SSSR count). The van der Waals surface area contributed by atoms with E-state index in [0.717, 1.165) is 23.5 Å². The van der Waals surface area contributed by atoms with E-state index in [2.05, 4.69) is 36.4 Å². The maximum absolute atomic E-state index is 12.4. The van der Waals surface area contributed by atoms with Crippen LogP contribution >= 0.6 is 0 Å². The lowest BCUT2D eigenvalue weighted by atomic mass is 9.97. The molecule has 4 nitrogen and oxygen atoms in total. The quantitative estimate of drug-likeness (QED) is 0.509. The number of amidine groups is 1. The number of nitrogens with zero attached hydrogens (tertiary/aromatic N) is 1. The van der Waals surface area contributed by atoms with Gasteiger partial charge in [0.1, 0.15) is 11.4 Å². The van der Waals surface area contributed by atoms with Crippen molar-refractivity contribution in [2.24, 2.45) is 4.99 Å². The molecule has 1 aliphatic heterocycles. The van der Waals surface area contributed by atoms with Crippen molar-refractivity contribution >= 4 is 17.4 Å². The molecule has 3 N–H and O–H groups in total. The molecule has 24 heavy (non-hydrogen) atoms. The Morgan fingerprint density at radius 3 is 2.75 bits per heavy atom. The van der Waals surface area contributed by atoms with Crippen LogP contribution in [0.3, 0.4) is 0 Å². The second kappa shape index (κ2) is 7.65. The SMILES string of the molecule is C#C.C/C=C\C/C=C\CC1=NC2(Cc3ccc(N)cc3C2)C(=O)N1. The second-order valence-corrected chi connectivity index (χ2v) is 5.91. The van der Waals surface area contributed by atoms with Gasteiger partial charge >= 0.3 is 0 Å². The molecule has 0 bridgehead atoms. The van der Waals surface area contributed by atoms with Crippen LogP contribution in [0.25, 0.3) is 0 Å². The van der Waals surface area contributed by atoms with E-state index in [-0.39, 0.29) is 5.91 Å². The Balaban J connectivity index is 0.00000100. The number of fused-ring (bicyclic) bond motifs is 1. The van der Waals surface area contributed by atoms with E-state index < -0.39 is 5.54 Å². The summed E-state index contributed by atoms with van der Waals surface area (Å²) in [4.78, 5) is 17.1. The fourth-order valence-electron chi connectivity index (χ4n) is 3.10. The topological polar surface area (TPSA) is 67.5 Å². The Hall–Kier alpha value is -2.80. The Morgan fingerprint density at radius 2 is 2.00 bits per heavy atom. The van der Waals surface area contributed by atoms with Crippen LogP contribution in [-0.4, -0.2) is 17.3 Å². The minimum Gasteiger partial charge on any atom is -0.399 e. The molecule has 1 aromatic rings. The number of hydrogen-bond donors (Lipinski definition) is 2. The Bertz CT molecular complexity index is 728. The van der Waals surface area contributed by atoms with Crippen LogP contribution in [0.1, 0.15) is 30.9 Å². The number of rotatable bonds is 4. The standard InChI is InChI=1S/C18H21N3O.C2H2/c1-2-3-4-5-6-7-16-20-17(22)18(21-16)11-13-8-9-15(19)10-14(13)12-18;1-2/h2-3,5-6,8-10H,4,7,11-12,19H2,1H3,(H,20,21,22);1-2H/b3-2-,6-5-;. The number of carbonyl (C=O) groups excluding carboxylic acids is 1. The van der Waals surface area contributed by atoms with Gasteiger partial charge in [0.05, 0.1) is 0 Å². The average Bonchev–Trinajstić information content (AvgIpc) is 3.08. The van der Waals surface area contributed by atoms with Crippen molar-refractivity contribution in [3.63, 3.8) is 0 Å². The van der Waals surface area contributed by atoms with Gasteiger partial charge < -0.3 is 11.1 Å². The summed E-state index contributed by atoms with van der Waals surface area (Å²) in [5.74, 6) is 0.779. The molecule has 2 aliphatic rings. The Labute approximate surface area is 143 Å². The molecule has 0 radical (unpaired) electrons. The van der Waals surface area contributed by atoms with Gasteiger partial charge in [-0.1, -0.05) is 30.4 Å².